The number of primary amides is 1. The zero-order chi connectivity index (χ0) is 10.7. The van der Waals surface area contributed by atoms with Crippen LogP contribution in [0, 0.1) is 6.92 Å². The van der Waals surface area contributed by atoms with Gasteiger partial charge in [-0.3, -0.25) is 0 Å². The van der Waals surface area contributed by atoms with E-state index in [-0.39, 0.29) is 0 Å². The number of nitrogens with two attached hydrogens (primary N) is 1. The molecule has 0 fully saturated rings. The summed E-state index contributed by atoms with van der Waals surface area (Å²) in [4.78, 5) is 10.5. The van der Waals surface area contributed by atoms with Gasteiger partial charge in [0.15, 0.2) is 0 Å². The van der Waals surface area contributed by atoms with Crippen LogP contribution in [0.1, 0.15) is 30.9 Å². The first-order chi connectivity index (χ1) is 6.50. The molecule has 1 rings (SSSR count). The Bertz CT molecular complexity index is 345. The van der Waals surface area contributed by atoms with Crippen molar-refractivity contribution >= 4 is 6.09 Å². The number of rotatable bonds is 2. The first kappa shape index (κ1) is 10.6. The fraction of sp³-hybridized carbons (Fsp3) is 0.364. The van der Waals surface area contributed by atoms with Gasteiger partial charge in [-0.2, -0.15) is 0 Å². The van der Waals surface area contributed by atoms with Crippen molar-refractivity contribution in [3.63, 3.8) is 0 Å². The van der Waals surface area contributed by atoms with Crippen molar-refractivity contribution in [3.8, 4) is 5.75 Å². The maximum atomic E-state index is 10.5. The van der Waals surface area contributed by atoms with Crippen LogP contribution in [-0.4, -0.2) is 6.09 Å². The van der Waals surface area contributed by atoms with E-state index in [9.17, 15) is 4.79 Å². The maximum Gasteiger partial charge on any atom is 0.409 e. The number of ether oxygens (including phenoxy) is 1. The molecule has 0 aromatic heterocycles. The molecule has 0 atom stereocenters. The SMILES string of the molecule is Cc1ccc(OC(N)=O)cc1C(C)C. The van der Waals surface area contributed by atoms with Gasteiger partial charge in [-0.1, -0.05) is 19.9 Å². The Kier molecular flexibility index (Phi) is 3.12. The van der Waals surface area contributed by atoms with Crippen molar-refractivity contribution in [2.75, 3.05) is 0 Å². The number of hydrogen-bond acceptors (Lipinski definition) is 2. The summed E-state index contributed by atoms with van der Waals surface area (Å²) in [5.74, 6) is 0.915. The van der Waals surface area contributed by atoms with Crippen LogP contribution >= 0.6 is 0 Å². The van der Waals surface area contributed by atoms with E-state index in [4.69, 9.17) is 10.5 Å². The average molecular weight is 193 g/mol. The molecule has 1 amide bonds. The molecule has 1 aromatic rings. The van der Waals surface area contributed by atoms with Crippen molar-refractivity contribution in [3.05, 3.63) is 29.3 Å². The Morgan fingerprint density at radius 2 is 2.07 bits per heavy atom. The minimum atomic E-state index is -0.774. The predicted molar refractivity (Wildman–Crippen MR) is 55.5 cm³/mol. The van der Waals surface area contributed by atoms with Crippen LogP contribution < -0.4 is 10.5 Å². The third-order valence-corrected chi connectivity index (χ3v) is 2.09. The summed E-state index contributed by atoms with van der Waals surface area (Å²) in [7, 11) is 0. The quantitative estimate of drug-likeness (QED) is 0.784. The molecular formula is C11H15NO2. The number of amides is 1. The monoisotopic (exact) mass is 193 g/mol. The van der Waals surface area contributed by atoms with Crippen molar-refractivity contribution < 1.29 is 9.53 Å². The Morgan fingerprint density at radius 3 is 2.57 bits per heavy atom. The van der Waals surface area contributed by atoms with Crippen molar-refractivity contribution in [2.45, 2.75) is 26.7 Å². The van der Waals surface area contributed by atoms with Gasteiger partial charge >= 0.3 is 6.09 Å². The highest BCUT2D eigenvalue weighted by Gasteiger charge is 2.06. The second kappa shape index (κ2) is 4.13. The molecule has 3 heteroatoms. The molecule has 0 spiro atoms. The highest BCUT2D eigenvalue weighted by atomic mass is 16.5. The summed E-state index contributed by atoms with van der Waals surface area (Å²) < 4.78 is 4.80. The number of carbonyl (C=O) groups is 1. The van der Waals surface area contributed by atoms with E-state index >= 15 is 0 Å². The normalized spacial score (nSPS) is 10.3. The van der Waals surface area contributed by atoms with Gasteiger partial charge in [0.2, 0.25) is 0 Å². The fourth-order valence-corrected chi connectivity index (χ4v) is 1.42. The third-order valence-electron chi connectivity index (χ3n) is 2.09. The smallest absolute Gasteiger partial charge is 0.409 e. The first-order valence-electron chi connectivity index (χ1n) is 4.58. The predicted octanol–water partition coefficient (Wildman–Crippen LogP) is 2.58. The lowest BCUT2D eigenvalue weighted by Crippen LogP contribution is -2.16. The Balaban J connectivity index is 3.00. The lowest BCUT2D eigenvalue weighted by atomic mass is 9.98. The zero-order valence-corrected chi connectivity index (χ0v) is 8.70. The van der Waals surface area contributed by atoms with Gasteiger partial charge in [0.1, 0.15) is 5.75 Å². The van der Waals surface area contributed by atoms with E-state index in [0.717, 1.165) is 0 Å². The van der Waals surface area contributed by atoms with Gasteiger partial charge < -0.3 is 10.5 Å². The number of benzene rings is 1. The van der Waals surface area contributed by atoms with E-state index in [0.29, 0.717) is 11.7 Å². The van der Waals surface area contributed by atoms with Crippen LogP contribution in [0.2, 0.25) is 0 Å². The van der Waals surface area contributed by atoms with E-state index in [1.54, 1.807) is 6.07 Å². The molecule has 0 aliphatic carbocycles. The van der Waals surface area contributed by atoms with E-state index in [2.05, 4.69) is 13.8 Å². The van der Waals surface area contributed by atoms with Crippen LogP contribution in [0.5, 0.6) is 5.75 Å². The van der Waals surface area contributed by atoms with Crippen LogP contribution in [0.3, 0.4) is 0 Å². The van der Waals surface area contributed by atoms with Gasteiger partial charge in [0.25, 0.3) is 0 Å². The second-order valence-electron chi connectivity index (χ2n) is 3.59. The molecule has 1 aromatic carbocycles. The summed E-state index contributed by atoms with van der Waals surface area (Å²) >= 11 is 0. The van der Waals surface area contributed by atoms with Crippen molar-refractivity contribution in [2.24, 2.45) is 5.73 Å². The van der Waals surface area contributed by atoms with Crippen LogP contribution in [0.15, 0.2) is 18.2 Å². The second-order valence-corrected chi connectivity index (χ2v) is 3.59. The average Bonchev–Trinajstić information content (AvgIpc) is 2.07. The molecule has 0 aliphatic heterocycles. The summed E-state index contributed by atoms with van der Waals surface area (Å²) in [6.07, 6.45) is -0.774. The summed E-state index contributed by atoms with van der Waals surface area (Å²) in [6.45, 7) is 6.22. The highest BCUT2D eigenvalue weighted by molar-refractivity contribution is 5.68. The summed E-state index contributed by atoms with van der Waals surface area (Å²) in [5.41, 5.74) is 7.29. The van der Waals surface area contributed by atoms with Crippen LogP contribution in [0.25, 0.3) is 0 Å². The minimum absolute atomic E-state index is 0.409. The third kappa shape index (κ3) is 2.49. The lowest BCUT2D eigenvalue weighted by Gasteiger charge is -2.11. The number of carbonyl (C=O) groups excluding carboxylic acids is 1. The fourth-order valence-electron chi connectivity index (χ4n) is 1.42. The molecule has 2 N–H and O–H groups in total. The van der Waals surface area contributed by atoms with E-state index < -0.39 is 6.09 Å². The van der Waals surface area contributed by atoms with Crippen LogP contribution in [-0.2, 0) is 0 Å². The first-order valence-corrected chi connectivity index (χ1v) is 4.58. The maximum absolute atomic E-state index is 10.5. The summed E-state index contributed by atoms with van der Waals surface area (Å²) in [5, 5.41) is 0. The molecule has 0 saturated carbocycles. The summed E-state index contributed by atoms with van der Waals surface area (Å²) in [6, 6.07) is 5.52. The molecule has 0 radical (unpaired) electrons. The van der Waals surface area contributed by atoms with Gasteiger partial charge in [-0.25, -0.2) is 4.79 Å². The molecule has 0 heterocycles. The van der Waals surface area contributed by atoms with Crippen LogP contribution in [0.4, 0.5) is 4.79 Å². The zero-order valence-electron chi connectivity index (χ0n) is 8.70. The molecule has 0 bridgehead atoms. The van der Waals surface area contributed by atoms with Gasteiger partial charge in [-0.15, -0.1) is 0 Å². The van der Waals surface area contributed by atoms with Gasteiger partial charge in [0, 0.05) is 0 Å². The Labute approximate surface area is 83.9 Å². The molecule has 0 saturated heterocycles. The number of aryl methyl sites for hydroxylation is 1. The Morgan fingerprint density at radius 1 is 1.43 bits per heavy atom. The molecule has 14 heavy (non-hydrogen) atoms. The van der Waals surface area contributed by atoms with Crippen molar-refractivity contribution in [1.29, 1.82) is 0 Å². The van der Waals surface area contributed by atoms with Gasteiger partial charge in [0.05, 0.1) is 0 Å². The standard InChI is InChI=1S/C11H15NO2/c1-7(2)10-6-9(14-11(12)13)5-4-8(10)3/h4-7H,1-3H3,(H2,12,13). The van der Waals surface area contributed by atoms with E-state index in [1.807, 2.05) is 19.1 Å². The van der Waals surface area contributed by atoms with Crippen molar-refractivity contribution in [1.82, 2.24) is 0 Å². The van der Waals surface area contributed by atoms with E-state index in [1.165, 1.54) is 11.1 Å². The number of hydrogen-bond donors (Lipinski definition) is 1. The largest absolute Gasteiger partial charge is 0.410 e. The molecule has 76 valence electrons. The lowest BCUT2D eigenvalue weighted by molar-refractivity contribution is 0.211. The van der Waals surface area contributed by atoms with Gasteiger partial charge in [-0.05, 0) is 36.1 Å². The Hall–Kier alpha value is -1.51. The minimum Gasteiger partial charge on any atom is -0.410 e. The molecule has 0 unspecified atom stereocenters. The molecular weight excluding hydrogens is 178 g/mol. The molecule has 3 nitrogen and oxygen atoms in total. The highest BCUT2D eigenvalue weighted by Crippen LogP contribution is 2.23. The molecule has 0 aliphatic rings. The topological polar surface area (TPSA) is 52.3 Å².